The van der Waals surface area contributed by atoms with Gasteiger partial charge in [0.1, 0.15) is 11.5 Å². The van der Waals surface area contributed by atoms with Gasteiger partial charge in [-0.25, -0.2) is 0 Å². The molecule has 0 unspecified atom stereocenters. The van der Waals surface area contributed by atoms with E-state index in [2.05, 4.69) is 36.9 Å². The number of hydrogen-bond donors (Lipinski definition) is 0. The van der Waals surface area contributed by atoms with Crippen LogP contribution in [0.4, 0.5) is 5.69 Å². The highest BCUT2D eigenvalue weighted by Crippen LogP contribution is 2.26. The second-order valence-corrected chi connectivity index (χ2v) is 4.80. The maximum Gasteiger partial charge on any atom is 0.184 e. The molecule has 88 valence electrons. The summed E-state index contributed by atoms with van der Waals surface area (Å²) in [7, 11) is 1.64. The van der Waals surface area contributed by atoms with E-state index < -0.39 is 0 Å². The minimum absolute atomic E-state index is 0.661. The zero-order valence-corrected chi connectivity index (χ0v) is 12.2. The lowest BCUT2D eigenvalue weighted by molar-refractivity contribution is 0.415. The average molecular weight is 359 g/mol. The number of aliphatic imine (C=N–C) groups is 1. The van der Waals surface area contributed by atoms with Gasteiger partial charge in [-0.15, -0.1) is 0 Å². The number of ether oxygens (including phenoxy) is 1. The SMILES string of the molecule is COc1ccc(N=Cc2cc(Br)c(Br)o2)cc1. The molecule has 0 amide bonds. The van der Waals surface area contributed by atoms with Gasteiger partial charge in [-0.3, -0.25) is 4.99 Å². The van der Waals surface area contributed by atoms with Gasteiger partial charge in [0, 0.05) is 6.07 Å². The Morgan fingerprint density at radius 1 is 1.24 bits per heavy atom. The molecular weight excluding hydrogens is 350 g/mol. The fourth-order valence-corrected chi connectivity index (χ4v) is 1.84. The summed E-state index contributed by atoms with van der Waals surface area (Å²) in [6.45, 7) is 0. The van der Waals surface area contributed by atoms with Crippen LogP contribution in [0.2, 0.25) is 0 Å². The summed E-state index contributed by atoms with van der Waals surface area (Å²) in [6, 6.07) is 9.32. The second kappa shape index (κ2) is 5.51. The average Bonchev–Trinajstić information content (AvgIpc) is 2.67. The predicted molar refractivity (Wildman–Crippen MR) is 74.4 cm³/mol. The molecule has 3 nitrogen and oxygen atoms in total. The van der Waals surface area contributed by atoms with Gasteiger partial charge in [0.05, 0.1) is 23.5 Å². The van der Waals surface area contributed by atoms with Crippen LogP contribution in [0.15, 0.2) is 48.9 Å². The van der Waals surface area contributed by atoms with E-state index in [0.29, 0.717) is 10.4 Å². The summed E-state index contributed by atoms with van der Waals surface area (Å²) in [5, 5.41) is 0. The smallest absolute Gasteiger partial charge is 0.184 e. The van der Waals surface area contributed by atoms with Gasteiger partial charge in [0.15, 0.2) is 4.67 Å². The van der Waals surface area contributed by atoms with Crippen molar-refractivity contribution in [2.45, 2.75) is 0 Å². The molecule has 5 heteroatoms. The van der Waals surface area contributed by atoms with Gasteiger partial charge >= 0.3 is 0 Å². The van der Waals surface area contributed by atoms with Gasteiger partial charge in [-0.05, 0) is 56.1 Å². The molecule has 0 radical (unpaired) electrons. The lowest BCUT2D eigenvalue weighted by atomic mass is 10.3. The third kappa shape index (κ3) is 3.20. The zero-order valence-electron chi connectivity index (χ0n) is 8.98. The Labute approximate surface area is 116 Å². The molecule has 0 saturated carbocycles. The molecule has 0 fully saturated rings. The van der Waals surface area contributed by atoms with E-state index >= 15 is 0 Å². The van der Waals surface area contributed by atoms with Crippen molar-refractivity contribution in [2.24, 2.45) is 4.99 Å². The van der Waals surface area contributed by atoms with Crippen molar-refractivity contribution in [1.29, 1.82) is 0 Å². The van der Waals surface area contributed by atoms with Crippen LogP contribution < -0.4 is 4.74 Å². The Hall–Kier alpha value is -1.07. The minimum Gasteiger partial charge on any atom is -0.497 e. The molecule has 1 heterocycles. The van der Waals surface area contributed by atoms with E-state index in [1.807, 2.05) is 30.3 Å². The Morgan fingerprint density at radius 2 is 1.94 bits per heavy atom. The molecule has 0 bridgehead atoms. The predicted octanol–water partition coefficient (Wildman–Crippen LogP) is 4.56. The molecule has 0 spiro atoms. The summed E-state index contributed by atoms with van der Waals surface area (Å²) in [5.41, 5.74) is 0.842. The number of furan rings is 1. The lowest BCUT2D eigenvalue weighted by Gasteiger charge is -1.98. The van der Waals surface area contributed by atoms with Crippen LogP contribution in [-0.4, -0.2) is 13.3 Å². The third-order valence-corrected chi connectivity index (χ3v) is 3.79. The van der Waals surface area contributed by atoms with E-state index in [-0.39, 0.29) is 0 Å². The summed E-state index contributed by atoms with van der Waals surface area (Å²) < 4.78 is 12.0. The molecule has 2 rings (SSSR count). The van der Waals surface area contributed by atoms with Gasteiger partial charge < -0.3 is 9.15 Å². The Morgan fingerprint density at radius 3 is 2.47 bits per heavy atom. The van der Waals surface area contributed by atoms with Crippen LogP contribution in [0.25, 0.3) is 0 Å². The van der Waals surface area contributed by atoms with E-state index in [4.69, 9.17) is 9.15 Å². The van der Waals surface area contributed by atoms with Crippen molar-refractivity contribution in [2.75, 3.05) is 7.11 Å². The third-order valence-electron chi connectivity index (χ3n) is 2.08. The molecular formula is C12H9Br2NO2. The molecule has 1 aromatic carbocycles. The normalized spacial score (nSPS) is 11.0. The standard InChI is InChI=1S/C12H9Br2NO2/c1-16-9-4-2-8(3-5-9)15-7-10-6-11(13)12(14)17-10/h2-7H,1H3. The number of nitrogens with zero attached hydrogens (tertiary/aromatic N) is 1. The van der Waals surface area contributed by atoms with Crippen molar-refractivity contribution in [3.63, 3.8) is 0 Å². The van der Waals surface area contributed by atoms with Crippen LogP contribution in [-0.2, 0) is 0 Å². The summed E-state index contributed by atoms with van der Waals surface area (Å²) in [4.78, 5) is 4.29. The maximum absolute atomic E-state index is 5.38. The monoisotopic (exact) mass is 357 g/mol. The van der Waals surface area contributed by atoms with Crippen LogP contribution in [0.1, 0.15) is 5.76 Å². The summed E-state index contributed by atoms with van der Waals surface area (Å²) in [6.07, 6.45) is 1.66. The van der Waals surface area contributed by atoms with E-state index in [1.165, 1.54) is 0 Å². The van der Waals surface area contributed by atoms with Crippen LogP contribution >= 0.6 is 31.9 Å². The number of halogens is 2. The van der Waals surface area contributed by atoms with Gasteiger partial charge in [0.2, 0.25) is 0 Å². The fourth-order valence-electron chi connectivity index (χ4n) is 1.23. The Bertz CT molecular complexity index is 512. The highest BCUT2D eigenvalue weighted by atomic mass is 79.9. The van der Waals surface area contributed by atoms with Crippen LogP contribution in [0.3, 0.4) is 0 Å². The topological polar surface area (TPSA) is 34.7 Å². The number of methoxy groups -OCH3 is 1. The maximum atomic E-state index is 5.38. The van der Waals surface area contributed by atoms with Crippen molar-refractivity contribution < 1.29 is 9.15 Å². The quantitative estimate of drug-likeness (QED) is 0.753. The molecule has 0 aliphatic carbocycles. The first kappa shape index (κ1) is 12.4. The first-order valence-corrected chi connectivity index (χ1v) is 6.40. The molecule has 0 atom stereocenters. The second-order valence-electron chi connectivity index (χ2n) is 3.23. The fraction of sp³-hybridized carbons (Fsp3) is 0.0833. The minimum atomic E-state index is 0.661. The number of rotatable bonds is 3. The molecule has 17 heavy (non-hydrogen) atoms. The summed E-state index contributed by atoms with van der Waals surface area (Å²) >= 11 is 6.61. The summed E-state index contributed by atoms with van der Waals surface area (Å²) in [5.74, 6) is 1.49. The first-order chi connectivity index (χ1) is 8.19. The zero-order chi connectivity index (χ0) is 12.3. The van der Waals surface area contributed by atoms with Crippen LogP contribution in [0, 0.1) is 0 Å². The molecule has 2 aromatic rings. The Balaban J connectivity index is 2.14. The van der Waals surface area contributed by atoms with Crippen molar-refractivity contribution in [1.82, 2.24) is 0 Å². The number of hydrogen-bond acceptors (Lipinski definition) is 3. The molecule has 0 saturated heterocycles. The van der Waals surface area contributed by atoms with Gasteiger partial charge in [-0.2, -0.15) is 0 Å². The van der Waals surface area contributed by atoms with Crippen molar-refractivity contribution in [3.8, 4) is 5.75 Å². The van der Waals surface area contributed by atoms with Crippen LogP contribution in [0.5, 0.6) is 5.75 Å². The molecule has 0 aliphatic heterocycles. The van der Waals surface area contributed by atoms with E-state index in [0.717, 1.165) is 15.9 Å². The van der Waals surface area contributed by atoms with Gasteiger partial charge in [-0.1, -0.05) is 0 Å². The van der Waals surface area contributed by atoms with Crippen molar-refractivity contribution >= 4 is 43.8 Å². The van der Waals surface area contributed by atoms with E-state index in [1.54, 1.807) is 13.3 Å². The Kier molecular flexibility index (Phi) is 4.02. The van der Waals surface area contributed by atoms with Gasteiger partial charge in [0.25, 0.3) is 0 Å². The molecule has 0 N–H and O–H groups in total. The highest BCUT2D eigenvalue weighted by molar-refractivity contribution is 9.13. The highest BCUT2D eigenvalue weighted by Gasteiger charge is 2.03. The lowest BCUT2D eigenvalue weighted by Crippen LogP contribution is -1.80. The largest absolute Gasteiger partial charge is 0.497 e. The molecule has 1 aromatic heterocycles. The number of benzene rings is 1. The molecule has 0 aliphatic rings. The van der Waals surface area contributed by atoms with E-state index in [9.17, 15) is 0 Å². The first-order valence-electron chi connectivity index (χ1n) is 4.82. The van der Waals surface area contributed by atoms with Crippen molar-refractivity contribution in [3.05, 3.63) is 45.2 Å².